The van der Waals surface area contributed by atoms with Crippen LogP contribution < -0.4 is 10.9 Å². The van der Waals surface area contributed by atoms with E-state index in [1.165, 1.54) is 0 Å². The van der Waals surface area contributed by atoms with Crippen LogP contribution in [-0.4, -0.2) is 17.0 Å². The lowest BCUT2D eigenvalue weighted by atomic mass is 10.2. The molecule has 0 bridgehead atoms. The Balaban J connectivity index is 1.76. The minimum atomic E-state index is -0.0747. The molecule has 0 saturated carbocycles. The summed E-state index contributed by atoms with van der Waals surface area (Å²) in [7, 11) is 0. The van der Waals surface area contributed by atoms with Crippen molar-refractivity contribution in [1.82, 2.24) is 9.88 Å². The fourth-order valence-electron chi connectivity index (χ4n) is 2.24. The van der Waals surface area contributed by atoms with E-state index in [4.69, 9.17) is 0 Å². The van der Waals surface area contributed by atoms with Crippen LogP contribution in [0.15, 0.2) is 51.7 Å². The number of aryl methyl sites for hydroxylation is 1. The summed E-state index contributed by atoms with van der Waals surface area (Å²) in [6.45, 7) is 3.21. The Morgan fingerprint density at radius 3 is 2.68 bits per heavy atom. The Bertz CT molecular complexity index is 710. The SMILES string of the molecule is Cc1cccc(=O)n1CCCCNC(=O)c1cccc(Br)c1. The van der Waals surface area contributed by atoms with E-state index in [1.54, 1.807) is 28.8 Å². The highest BCUT2D eigenvalue weighted by molar-refractivity contribution is 9.10. The maximum atomic E-state index is 12.0. The van der Waals surface area contributed by atoms with Crippen molar-refractivity contribution in [1.29, 1.82) is 0 Å². The second-order valence-electron chi connectivity index (χ2n) is 5.13. The standard InChI is InChI=1S/C17H19BrN2O2/c1-13-6-4-9-16(21)20(13)11-3-2-10-19-17(22)14-7-5-8-15(18)12-14/h4-9,12H,2-3,10-11H2,1H3,(H,19,22). The van der Waals surface area contributed by atoms with E-state index in [9.17, 15) is 9.59 Å². The van der Waals surface area contributed by atoms with Crippen molar-refractivity contribution in [2.75, 3.05) is 6.54 Å². The number of nitrogens with zero attached hydrogens (tertiary/aromatic N) is 1. The predicted molar refractivity (Wildman–Crippen MR) is 91.1 cm³/mol. The third kappa shape index (κ3) is 4.56. The molecule has 0 aliphatic rings. The van der Waals surface area contributed by atoms with E-state index in [-0.39, 0.29) is 11.5 Å². The van der Waals surface area contributed by atoms with Gasteiger partial charge in [-0.2, -0.15) is 0 Å². The van der Waals surface area contributed by atoms with Gasteiger partial charge < -0.3 is 9.88 Å². The highest BCUT2D eigenvalue weighted by Gasteiger charge is 2.05. The highest BCUT2D eigenvalue weighted by Crippen LogP contribution is 2.11. The molecule has 0 unspecified atom stereocenters. The van der Waals surface area contributed by atoms with E-state index < -0.39 is 0 Å². The molecule has 0 fully saturated rings. The normalized spacial score (nSPS) is 10.5. The summed E-state index contributed by atoms with van der Waals surface area (Å²) in [5.74, 6) is -0.0747. The Morgan fingerprint density at radius 1 is 1.18 bits per heavy atom. The number of aromatic nitrogens is 1. The van der Waals surface area contributed by atoms with Gasteiger partial charge in [0.2, 0.25) is 0 Å². The summed E-state index contributed by atoms with van der Waals surface area (Å²) in [5, 5.41) is 2.89. The number of nitrogens with one attached hydrogen (secondary N) is 1. The van der Waals surface area contributed by atoms with Crippen LogP contribution in [0.25, 0.3) is 0 Å². The van der Waals surface area contributed by atoms with Crippen LogP contribution in [0.3, 0.4) is 0 Å². The maximum absolute atomic E-state index is 12.0. The molecule has 1 aromatic heterocycles. The Hall–Kier alpha value is -1.88. The number of amides is 1. The lowest BCUT2D eigenvalue weighted by Crippen LogP contribution is -2.25. The maximum Gasteiger partial charge on any atom is 0.251 e. The van der Waals surface area contributed by atoms with Crippen molar-refractivity contribution in [2.45, 2.75) is 26.3 Å². The fourth-order valence-corrected chi connectivity index (χ4v) is 2.64. The molecule has 1 heterocycles. The summed E-state index contributed by atoms with van der Waals surface area (Å²) in [4.78, 5) is 23.7. The summed E-state index contributed by atoms with van der Waals surface area (Å²) in [6.07, 6.45) is 1.68. The molecule has 1 N–H and O–H groups in total. The van der Waals surface area contributed by atoms with Gasteiger partial charge in [0.1, 0.15) is 0 Å². The highest BCUT2D eigenvalue weighted by atomic mass is 79.9. The molecule has 0 atom stereocenters. The largest absolute Gasteiger partial charge is 0.352 e. The topological polar surface area (TPSA) is 51.1 Å². The number of carbonyl (C=O) groups excluding carboxylic acids is 1. The molecule has 1 aromatic carbocycles. The van der Waals surface area contributed by atoms with Gasteiger partial charge >= 0.3 is 0 Å². The van der Waals surface area contributed by atoms with Gasteiger partial charge in [0, 0.05) is 34.9 Å². The van der Waals surface area contributed by atoms with Gasteiger partial charge in [0.05, 0.1) is 0 Å². The summed E-state index contributed by atoms with van der Waals surface area (Å²) < 4.78 is 2.65. The van der Waals surface area contributed by atoms with Crippen molar-refractivity contribution >= 4 is 21.8 Å². The number of unbranched alkanes of at least 4 members (excludes halogenated alkanes) is 1. The first kappa shape index (κ1) is 16.5. The van der Waals surface area contributed by atoms with Crippen molar-refractivity contribution in [2.24, 2.45) is 0 Å². The smallest absolute Gasteiger partial charge is 0.251 e. The predicted octanol–water partition coefficient (Wildman–Crippen LogP) is 3.13. The third-order valence-corrected chi connectivity index (χ3v) is 3.94. The zero-order valence-electron chi connectivity index (χ0n) is 12.5. The molecule has 0 spiro atoms. The number of rotatable bonds is 6. The van der Waals surface area contributed by atoms with Crippen LogP contribution in [0.5, 0.6) is 0 Å². The van der Waals surface area contributed by atoms with Gasteiger partial charge in [-0.15, -0.1) is 0 Å². The third-order valence-electron chi connectivity index (χ3n) is 3.45. The zero-order chi connectivity index (χ0) is 15.9. The molecule has 0 saturated heterocycles. The molecule has 2 aromatic rings. The van der Waals surface area contributed by atoms with Crippen LogP contribution >= 0.6 is 15.9 Å². The van der Waals surface area contributed by atoms with Crippen LogP contribution in [0.4, 0.5) is 0 Å². The lowest BCUT2D eigenvalue weighted by Gasteiger charge is -2.09. The van der Waals surface area contributed by atoms with E-state index in [0.29, 0.717) is 18.7 Å². The second-order valence-corrected chi connectivity index (χ2v) is 6.05. The first-order valence-electron chi connectivity index (χ1n) is 7.28. The van der Waals surface area contributed by atoms with Gasteiger partial charge in [-0.05, 0) is 44.0 Å². The summed E-state index contributed by atoms with van der Waals surface area (Å²) >= 11 is 3.35. The number of benzene rings is 1. The van der Waals surface area contributed by atoms with E-state index >= 15 is 0 Å². The van der Waals surface area contributed by atoms with Gasteiger partial charge in [-0.3, -0.25) is 9.59 Å². The Labute approximate surface area is 138 Å². The monoisotopic (exact) mass is 362 g/mol. The zero-order valence-corrected chi connectivity index (χ0v) is 14.1. The molecule has 4 nitrogen and oxygen atoms in total. The summed E-state index contributed by atoms with van der Waals surface area (Å²) in [6, 6.07) is 12.6. The molecule has 116 valence electrons. The summed E-state index contributed by atoms with van der Waals surface area (Å²) in [5.41, 5.74) is 1.63. The van der Waals surface area contributed by atoms with Crippen molar-refractivity contribution < 1.29 is 4.79 Å². The molecular formula is C17H19BrN2O2. The van der Waals surface area contributed by atoms with Crippen molar-refractivity contribution in [3.63, 3.8) is 0 Å². The number of hydrogen-bond acceptors (Lipinski definition) is 2. The minimum absolute atomic E-state index is 0.0261. The van der Waals surface area contributed by atoms with Crippen LogP contribution in [0.1, 0.15) is 28.9 Å². The van der Waals surface area contributed by atoms with Crippen LogP contribution in [-0.2, 0) is 6.54 Å². The first-order chi connectivity index (χ1) is 10.6. The van der Waals surface area contributed by atoms with Gasteiger partial charge in [-0.1, -0.05) is 28.1 Å². The average Bonchev–Trinajstić information content (AvgIpc) is 2.49. The van der Waals surface area contributed by atoms with E-state index in [1.807, 2.05) is 25.1 Å². The second kappa shape index (κ2) is 7.94. The molecule has 0 radical (unpaired) electrons. The van der Waals surface area contributed by atoms with Crippen molar-refractivity contribution in [3.05, 3.63) is 68.5 Å². The Morgan fingerprint density at radius 2 is 1.95 bits per heavy atom. The molecule has 22 heavy (non-hydrogen) atoms. The number of hydrogen-bond donors (Lipinski definition) is 1. The quantitative estimate of drug-likeness (QED) is 0.802. The van der Waals surface area contributed by atoms with Gasteiger partial charge in [-0.25, -0.2) is 0 Å². The number of halogens is 1. The minimum Gasteiger partial charge on any atom is -0.352 e. The lowest BCUT2D eigenvalue weighted by molar-refractivity contribution is 0.0953. The van der Waals surface area contributed by atoms with Crippen LogP contribution in [0.2, 0.25) is 0 Å². The van der Waals surface area contributed by atoms with Crippen molar-refractivity contribution in [3.8, 4) is 0 Å². The first-order valence-corrected chi connectivity index (χ1v) is 8.07. The molecule has 2 rings (SSSR count). The number of pyridine rings is 1. The molecular weight excluding hydrogens is 344 g/mol. The Kier molecular flexibility index (Phi) is 5.95. The van der Waals surface area contributed by atoms with Gasteiger partial charge in [0.15, 0.2) is 0 Å². The molecule has 0 aliphatic heterocycles. The number of carbonyl (C=O) groups is 1. The molecule has 0 aliphatic carbocycles. The van der Waals surface area contributed by atoms with E-state index in [0.717, 1.165) is 23.0 Å². The fraction of sp³-hybridized carbons (Fsp3) is 0.294. The van der Waals surface area contributed by atoms with Crippen LogP contribution in [0, 0.1) is 6.92 Å². The molecule has 1 amide bonds. The molecule has 5 heteroatoms. The van der Waals surface area contributed by atoms with Gasteiger partial charge in [0.25, 0.3) is 11.5 Å². The average molecular weight is 363 g/mol. The van der Waals surface area contributed by atoms with E-state index in [2.05, 4.69) is 21.2 Å².